The summed E-state index contributed by atoms with van der Waals surface area (Å²) in [7, 11) is -0.689. The summed E-state index contributed by atoms with van der Waals surface area (Å²) in [6.07, 6.45) is -0.230. The van der Waals surface area contributed by atoms with Crippen LogP contribution in [0.15, 0.2) is 60.7 Å². The molecule has 2 aromatic carbocycles. The number of benzene rings is 2. The summed E-state index contributed by atoms with van der Waals surface area (Å²) in [6, 6.07) is 20.3. The van der Waals surface area contributed by atoms with Crippen molar-refractivity contribution in [2.75, 3.05) is 0 Å². The van der Waals surface area contributed by atoms with E-state index >= 15 is 0 Å². The van der Waals surface area contributed by atoms with Crippen molar-refractivity contribution < 1.29 is 14.0 Å². The van der Waals surface area contributed by atoms with Crippen LogP contribution in [0.5, 0.6) is 0 Å². The van der Waals surface area contributed by atoms with Crippen LogP contribution in [0.4, 0.5) is 0 Å². The lowest BCUT2D eigenvalue weighted by Gasteiger charge is -2.31. The number of hydrogen-bond donors (Lipinski definition) is 0. The predicted octanol–water partition coefficient (Wildman–Crippen LogP) is 4.38. The van der Waals surface area contributed by atoms with E-state index in [0.717, 1.165) is 11.1 Å². The molecule has 23 heavy (non-hydrogen) atoms. The summed E-state index contributed by atoms with van der Waals surface area (Å²) in [5.41, 5.74) is 1.34. The third kappa shape index (κ3) is 3.35. The molecule has 3 rings (SSSR count). The Kier molecular flexibility index (Phi) is 4.32. The van der Waals surface area contributed by atoms with E-state index in [9.17, 15) is 0 Å². The zero-order valence-electron chi connectivity index (χ0n) is 14.2. The fourth-order valence-electron chi connectivity index (χ4n) is 2.56. The highest BCUT2D eigenvalue weighted by Gasteiger charge is 2.53. The molecule has 4 heteroatoms. The minimum Gasteiger partial charge on any atom is -0.378 e. The van der Waals surface area contributed by atoms with Gasteiger partial charge in [-0.3, -0.25) is 0 Å². The molecule has 1 heterocycles. The Hall–Kier alpha value is -1.62. The van der Waals surface area contributed by atoms with Crippen molar-refractivity contribution >= 4 is 7.32 Å². The van der Waals surface area contributed by atoms with Crippen LogP contribution in [0.3, 0.4) is 0 Å². The molecule has 0 spiro atoms. The Labute approximate surface area is 138 Å². The van der Waals surface area contributed by atoms with Crippen molar-refractivity contribution in [2.24, 2.45) is 0 Å². The van der Waals surface area contributed by atoms with Crippen LogP contribution in [0.25, 0.3) is 0 Å². The van der Waals surface area contributed by atoms with E-state index in [4.69, 9.17) is 14.0 Å². The van der Waals surface area contributed by atoms with Gasteiger partial charge < -0.3 is 14.0 Å². The van der Waals surface area contributed by atoms with E-state index in [0.29, 0.717) is 0 Å². The maximum absolute atomic E-state index is 6.21. The molecule has 0 radical (unpaired) electrons. The van der Waals surface area contributed by atoms with Gasteiger partial charge in [-0.05, 0) is 38.8 Å². The molecule has 0 aliphatic carbocycles. The van der Waals surface area contributed by atoms with Gasteiger partial charge in [-0.25, -0.2) is 0 Å². The molecular weight excluding hydrogens is 287 g/mol. The van der Waals surface area contributed by atoms with Crippen LogP contribution in [0.2, 0.25) is 0 Å². The average Bonchev–Trinajstić information content (AvgIpc) is 2.74. The maximum Gasteiger partial charge on any atom is 0.641 e. The van der Waals surface area contributed by atoms with Crippen molar-refractivity contribution in [3.8, 4) is 0 Å². The Morgan fingerprint density at radius 2 is 1.13 bits per heavy atom. The molecule has 120 valence electrons. The largest absolute Gasteiger partial charge is 0.641 e. The van der Waals surface area contributed by atoms with Crippen LogP contribution in [0.1, 0.15) is 44.9 Å². The van der Waals surface area contributed by atoms with E-state index in [1.807, 2.05) is 64.1 Å². The highest BCUT2D eigenvalue weighted by Crippen LogP contribution is 2.39. The van der Waals surface area contributed by atoms with Gasteiger partial charge in [0.05, 0.1) is 17.3 Å². The molecular formula is C19H23BO3. The minimum absolute atomic E-state index is 0.230. The second kappa shape index (κ2) is 6.12. The summed E-state index contributed by atoms with van der Waals surface area (Å²) in [5, 5.41) is 0. The molecule has 0 aromatic heterocycles. The van der Waals surface area contributed by atoms with Crippen LogP contribution >= 0.6 is 0 Å². The third-order valence-corrected chi connectivity index (χ3v) is 4.68. The van der Waals surface area contributed by atoms with Crippen LogP contribution in [-0.4, -0.2) is 18.5 Å². The molecule has 0 saturated carbocycles. The van der Waals surface area contributed by atoms with E-state index in [1.54, 1.807) is 0 Å². The maximum atomic E-state index is 6.21. The lowest BCUT2D eigenvalue weighted by atomic mass is 9.90. The second-order valence-corrected chi connectivity index (χ2v) is 6.88. The van der Waals surface area contributed by atoms with Gasteiger partial charge in [0, 0.05) is 0 Å². The normalized spacial score (nSPS) is 19.3. The summed E-state index contributed by atoms with van der Waals surface area (Å²) >= 11 is 0. The molecule has 0 N–H and O–H groups in total. The molecule has 2 aromatic rings. The molecule has 0 bridgehead atoms. The van der Waals surface area contributed by atoms with E-state index < -0.39 is 18.5 Å². The Balaban J connectivity index is 1.87. The second-order valence-electron chi connectivity index (χ2n) is 6.88. The van der Waals surface area contributed by atoms with E-state index in [-0.39, 0.29) is 6.10 Å². The fourth-order valence-corrected chi connectivity index (χ4v) is 2.56. The summed E-state index contributed by atoms with van der Waals surface area (Å²) in [4.78, 5) is 0. The summed E-state index contributed by atoms with van der Waals surface area (Å²) in [5.74, 6) is 0. The number of rotatable bonds is 4. The highest BCUT2D eigenvalue weighted by molar-refractivity contribution is 6.37. The van der Waals surface area contributed by atoms with Gasteiger partial charge in [-0.2, -0.15) is 0 Å². The van der Waals surface area contributed by atoms with Crippen molar-refractivity contribution in [3.05, 3.63) is 71.8 Å². The Morgan fingerprint density at radius 3 is 1.52 bits per heavy atom. The van der Waals surface area contributed by atoms with Crippen LogP contribution in [-0.2, 0) is 14.0 Å². The number of hydrogen-bond acceptors (Lipinski definition) is 3. The Morgan fingerprint density at radius 1 is 0.739 bits per heavy atom. The molecule has 1 saturated heterocycles. The molecule has 0 amide bonds. The van der Waals surface area contributed by atoms with Crippen molar-refractivity contribution in [3.63, 3.8) is 0 Å². The van der Waals surface area contributed by atoms with Crippen LogP contribution < -0.4 is 0 Å². The highest BCUT2D eigenvalue weighted by atomic mass is 16.8. The molecule has 1 aliphatic rings. The standard InChI is InChI=1S/C19H23BO3/c1-18(2)19(3,4)23-20(22-18)21-17(15-11-7-5-8-12-15)16-13-9-6-10-14-16/h5-14,17H,1-4H3. The first-order valence-corrected chi connectivity index (χ1v) is 8.00. The predicted molar refractivity (Wildman–Crippen MR) is 91.9 cm³/mol. The van der Waals surface area contributed by atoms with Crippen molar-refractivity contribution in [1.82, 2.24) is 0 Å². The van der Waals surface area contributed by atoms with Crippen molar-refractivity contribution in [2.45, 2.75) is 45.0 Å². The summed E-state index contributed by atoms with van der Waals surface area (Å²) < 4.78 is 18.2. The lowest BCUT2D eigenvalue weighted by Crippen LogP contribution is -2.41. The van der Waals surface area contributed by atoms with E-state index in [2.05, 4.69) is 24.3 Å². The quantitative estimate of drug-likeness (QED) is 0.784. The van der Waals surface area contributed by atoms with Gasteiger partial charge in [0.15, 0.2) is 0 Å². The molecule has 3 nitrogen and oxygen atoms in total. The average molecular weight is 310 g/mol. The minimum atomic E-state index is -0.689. The topological polar surface area (TPSA) is 27.7 Å². The van der Waals surface area contributed by atoms with Gasteiger partial charge in [-0.1, -0.05) is 60.7 Å². The molecule has 0 atom stereocenters. The first-order chi connectivity index (χ1) is 10.9. The van der Waals surface area contributed by atoms with Crippen molar-refractivity contribution in [1.29, 1.82) is 0 Å². The Bertz CT molecular complexity index is 585. The zero-order valence-corrected chi connectivity index (χ0v) is 14.2. The zero-order chi connectivity index (χ0) is 16.5. The molecule has 1 fully saturated rings. The van der Waals surface area contributed by atoms with Crippen LogP contribution in [0, 0.1) is 0 Å². The molecule has 0 unspecified atom stereocenters. The van der Waals surface area contributed by atoms with Gasteiger partial charge in [0.2, 0.25) is 0 Å². The van der Waals surface area contributed by atoms with Gasteiger partial charge in [-0.15, -0.1) is 0 Å². The van der Waals surface area contributed by atoms with Gasteiger partial charge in [0.1, 0.15) is 0 Å². The first-order valence-electron chi connectivity index (χ1n) is 8.00. The monoisotopic (exact) mass is 310 g/mol. The molecule has 1 aliphatic heterocycles. The van der Waals surface area contributed by atoms with E-state index in [1.165, 1.54) is 0 Å². The SMILES string of the molecule is CC1(C)OB(OC(c2ccccc2)c2ccccc2)OC1(C)C. The van der Waals surface area contributed by atoms with Gasteiger partial charge >= 0.3 is 7.32 Å². The smallest absolute Gasteiger partial charge is 0.378 e. The summed E-state index contributed by atoms with van der Waals surface area (Å²) in [6.45, 7) is 8.10. The first kappa shape index (κ1) is 16.3. The third-order valence-electron chi connectivity index (χ3n) is 4.68. The van der Waals surface area contributed by atoms with Gasteiger partial charge in [0.25, 0.3) is 0 Å². The fraction of sp³-hybridized carbons (Fsp3) is 0.368. The lowest BCUT2D eigenvalue weighted by molar-refractivity contribution is 0.00578.